The normalized spacial score (nSPS) is 13.4. The van der Waals surface area contributed by atoms with Crippen LogP contribution < -0.4 is 10.6 Å². The highest BCUT2D eigenvalue weighted by molar-refractivity contribution is 5.65. The van der Waals surface area contributed by atoms with Gasteiger partial charge in [0, 0.05) is 17.9 Å². The smallest absolute Gasteiger partial charge is 0.0991 e. The molecule has 0 saturated heterocycles. The second kappa shape index (κ2) is 5.13. The Morgan fingerprint density at radius 1 is 1.11 bits per heavy atom. The van der Waals surface area contributed by atoms with Gasteiger partial charge in [-0.15, -0.1) is 0 Å². The highest BCUT2D eigenvalue weighted by Crippen LogP contribution is 2.26. The SMILES string of the molecule is N#Cc1ccc(Nc2cccc3c2CCNC3)cc1. The van der Waals surface area contributed by atoms with Crippen molar-refractivity contribution in [1.82, 2.24) is 5.32 Å². The Labute approximate surface area is 112 Å². The summed E-state index contributed by atoms with van der Waals surface area (Å²) in [5, 5.41) is 15.6. The monoisotopic (exact) mass is 249 g/mol. The first-order valence-electron chi connectivity index (χ1n) is 6.45. The Hall–Kier alpha value is -2.31. The van der Waals surface area contributed by atoms with Crippen molar-refractivity contribution in [2.75, 3.05) is 11.9 Å². The standard InChI is InChI=1S/C16H15N3/c17-10-12-4-6-14(7-5-12)19-16-3-1-2-13-11-18-9-8-15(13)16/h1-7,18-19H,8-9,11H2. The van der Waals surface area contributed by atoms with E-state index >= 15 is 0 Å². The van der Waals surface area contributed by atoms with Crippen molar-refractivity contribution in [2.45, 2.75) is 13.0 Å². The molecular formula is C16H15N3. The first-order valence-corrected chi connectivity index (χ1v) is 6.45. The van der Waals surface area contributed by atoms with E-state index in [1.165, 1.54) is 16.8 Å². The number of fused-ring (bicyclic) bond motifs is 1. The summed E-state index contributed by atoms with van der Waals surface area (Å²) in [5.41, 5.74) is 5.63. The van der Waals surface area contributed by atoms with Gasteiger partial charge in [0.2, 0.25) is 0 Å². The minimum atomic E-state index is 0.685. The van der Waals surface area contributed by atoms with E-state index in [4.69, 9.17) is 5.26 Å². The zero-order chi connectivity index (χ0) is 13.1. The number of hydrogen-bond donors (Lipinski definition) is 2. The van der Waals surface area contributed by atoms with Gasteiger partial charge in [-0.05, 0) is 54.4 Å². The van der Waals surface area contributed by atoms with E-state index < -0.39 is 0 Å². The number of nitriles is 1. The van der Waals surface area contributed by atoms with Gasteiger partial charge in [-0.25, -0.2) is 0 Å². The molecule has 0 unspecified atom stereocenters. The largest absolute Gasteiger partial charge is 0.355 e. The maximum absolute atomic E-state index is 8.80. The lowest BCUT2D eigenvalue weighted by molar-refractivity contribution is 0.645. The van der Waals surface area contributed by atoms with E-state index in [1.54, 1.807) is 0 Å². The average molecular weight is 249 g/mol. The highest BCUT2D eigenvalue weighted by Gasteiger charge is 2.12. The molecule has 0 aliphatic carbocycles. The molecule has 2 aromatic rings. The predicted octanol–water partition coefficient (Wildman–Crippen LogP) is 2.95. The van der Waals surface area contributed by atoms with Gasteiger partial charge in [0.25, 0.3) is 0 Å². The number of nitrogens with one attached hydrogen (secondary N) is 2. The van der Waals surface area contributed by atoms with Crippen LogP contribution in [0.25, 0.3) is 0 Å². The minimum Gasteiger partial charge on any atom is -0.355 e. The third kappa shape index (κ3) is 2.44. The summed E-state index contributed by atoms with van der Waals surface area (Å²) in [4.78, 5) is 0. The molecule has 3 nitrogen and oxygen atoms in total. The molecule has 94 valence electrons. The van der Waals surface area contributed by atoms with Crippen LogP contribution in [0.5, 0.6) is 0 Å². The third-order valence-corrected chi connectivity index (χ3v) is 3.43. The van der Waals surface area contributed by atoms with Crippen LogP contribution in [-0.4, -0.2) is 6.54 Å². The summed E-state index contributed by atoms with van der Waals surface area (Å²) >= 11 is 0. The molecule has 0 fully saturated rings. The Bertz CT molecular complexity index is 623. The fraction of sp³-hybridized carbons (Fsp3) is 0.188. The molecule has 0 bridgehead atoms. The van der Waals surface area contributed by atoms with Crippen molar-refractivity contribution in [2.24, 2.45) is 0 Å². The fourth-order valence-electron chi connectivity index (χ4n) is 2.43. The van der Waals surface area contributed by atoms with Gasteiger partial charge >= 0.3 is 0 Å². The summed E-state index contributed by atoms with van der Waals surface area (Å²) in [5.74, 6) is 0. The predicted molar refractivity (Wildman–Crippen MR) is 76.3 cm³/mol. The summed E-state index contributed by atoms with van der Waals surface area (Å²) in [6.07, 6.45) is 1.05. The molecule has 0 radical (unpaired) electrons. The number of nitrogens with zero attached hydrogens (tertiary/aromatic N) is 1. The molecule has 0 spiro atoms. The van der Waals surface area contributed by atoms with E-state index in [0.29, 0.717) is 5.56 Å². The number of anilines is 2. The molecule has 0 atom stereocenters. The molecule has 0 amide bonds. The first-order chi connectivity index (χ1) is 9.36. The highest BCUT2D eigenvalue weighted by atomic mass is 14.9. The van der Waals surface area contributed by atoms with Crippen molar-refractivity contribution in [1.29, 1.82) is 5.26 Å². The second-order valence-corrected chi connectivity index (χ2v) is 4.68. The molecule has 2 N–H and O–H groups in total. The van der Waals surface area contributed by atoms with Crippen LogP contribution in [0.1, 0.15) is 16.7 Å². The van der Waals surface area contributed by atoms with E-state index in [-0.39, 0.29) is 0 Å². The van der Waals surface area contributed by atoms with Crippen LogP contribution >= 0.6 is 0 Å². The van der Waals surface area contributed by atoms with Gasteiger partial charge in [0.05, 0.1) is 11.6 Å². The van der Waals surface area contributed by atoms with Crippen molar-refractivity contribution >= 4 is 11.4 Å². The zero-order valence-corrected chi connectivity index (χ0v) is 10.6. The van der Waals surface area contributed by atoms with Crippen molar-refractivity contribution in [3.8, 4) is 6.07 Å². The molecule has 1 heterocycles. The van der Waals surface area contributed by atoms with Crippen LogP contribution in [0, 0.1) is 11.3 Å². The maximum atomic E-state index is 8.80. The lowest BCUT2D eigenvalue weighted by atomic mass is 9.99. The Morgan fingerprint density at radius 3 is 2.74 bits per heavy atom. The van der Waals surface area contributed by atoms with Crippen LogP contribution in [0.3, 0.4) is 0 Å². The minimum absolute atomic E-state index is 0.685. The summed E-state index contributed by atoms with van der Waals surface area (Å²) in [6.45, 7) is 1.97. The van der Waals surface area contributed by atoms with Crippen LogP contribution in [0.4, 0.5) is 11.4 Å². The number of benzene rings is 2. The van der Waals surface area contributed by atoms with E-state index in [1.807, 2.05) is 24.3 Å². The van der Waals surface area contributed by atoms with Gasteiger partial charge in [-0.3, -0.25) is 0 Å². The van der Waals surface area contributed by atoms with Gasteiger partial charge in [0.15, 0.2) is 0 Å². The van der Waals surface area contributed by atoms with Crippen LogP contribution in [0.2, 0.25) is 0 Å². The Balaban J connectivity index is 1.88. The zero-order valence-electron chi connectivity index (χ0n) is 10.6. The summed E-state index contributed by atoms with van der Waals surface area (Å²) in [7, 11) is 0. The Morgan fingerprint density at radius 2 is 1.95 bits per heavy atom. The molecule has 3 rings (SSSR count). The van der Waals surface area contributed by atoms with Crippen molar-refractivity contribution < 1.29 is 0 Å². The van der Waals surface area contributed by atoms with Gasteiger partial charge in [-0.2, -0.15) is 5.26 Å². The van der Waals surface area contributed by atoms with Crippen molar-refractivity contribution in [3.63, 3.8) is 0 Å². The van der Waals surface area contributed by atoms with Crippen molar-refractivity contribution in [3.05, 3.63) is 59.2 Å². The van der Waals surface area contributed by atoms with E-state index in [2.05, 4.69) is 34.9 Å². The number of rotatable bonds is 2. The average Bonchev–Trinajstić information content (AvgIpc) is 2.48. The summed E-state index contributed by atoms with van der Waals surface area (Å²) in [6, 6.07) is 16.1. The Kier molecular flexibility index (Phi) is 3.18. The molecule has 1 aliphatic rings. The topological polar surface area (TPSA) is 47.9 Å². The molecule has 0 saturated carbocycles. The molecule has 3 heteroatoms. The molecule has 19 heavy (non-hydrogen) atoms. The summed E-state index contributed by atoms with van der Waals surface area (Å²) < 4.78 is 0. The fourth-order valence-corrected chi connectivity index (χ4v) is 2.43. The quantitative estimate of drug-likeness (QED) is 0.860. The lowest BCUT2D eigenvalue weighted by Crippen LogP contribution is -2.24. The van der Waals surface area contributed by atoms with E-state index in [0.717, 1.165) is 25.2 Å². The molecule has 2 aromatic carbocycles. The third-order valence-electron chi connectivity index (χ3n) is 3.43. The molecular weight excluding hydrogens is 234 g/mol. The van der Waals surface area contributed by atoms with Gasteiger partial charge in [0.1, 0.15) is 0 Å². The van der Waals surface area contributed by atoms with Crippen LogP contribution in [-0.2, 0) is 13.0 Å². The maximum Gasteiger partial charge on any atom is 0.0991 e. The lowest BCUT2D eigenvalue weighted by Gasteiger charge is -2.21. The molecule has 0 aromatic heterocycles. The van der Waals surface area contributed by atoms with Crippen LogP contribution in [0.15, 0.2) is 42.5 Å². The van der Waals surface area contributed by atoms with Gasteiger partial charge < -0.3 is 10.6 Å². The van der Waals surface area contributed by atoms with Gasteiger partial charge in [-0.1, -0.05) is 12.1 Å². The van der Waals surface area contributed by atoms with E-state index in [9.17, 15) is 0 Å². The molecule has 1 aliphatic heterocycles. The number of hydrogen-bond acceptors (Lipinski definition) is 3. The first kappa shape index (κ1) is 11.8. The second-order valence-electron chi connectivity index (χ2n) is 4.68.